The quantitative estimate of drug-likeness (QED) is 0.609. The van der Waals surface area contributed by atoms with Crippen LogP contribution in [0.2, 0.25) is 5.02 Å². The van der Waals surface area contributed by atoms with Crippen LogP contribution in [0.15, 0.2) is 59.1 Å². The van der Waals surface area contributed by atoms with Crippen LogP contribution in [-0.4, -0.2) is 33.3 Å². The zero-order valence-electron chi connectivity index (χ0n) is 15.3. The topological polar surface area (TPSA) is 61.5 Å². The Labute approximate surface area is 174 Å². The SMILES string of the molecule is Cc1ccc(Cl)cc1-c1ccc(C2C(c3ccccn3)NC(=S)N2CCO)o1. The van der Waals surface area contributed by atoms with E-state index >= 15 is 0 Å². The summed E-state index contributed by atoms with van der Waals surface area (Å²) in [6.45, 7) is 2.43. The van der Waals surface area contributed by atoms with Crippen LogP contribution >= 0.6 is 23.8 Å². The van der Waals surface area contributed by atoms with Crippen LogP contribution in [-0.2, 0) is 0 Å². The van der Waals surface area contributed by atoms with Crippen molar-refractivity contribution >= 4 is 28.9 Å². The van der Waals surface area contributed by atoms with Crippen LogP contribution in [0.1, 0.15) is 29.1 Å². The minimum atomic E-state index is -0.206. The molecule has 1 fully saturated rings. The first-order valence-electron chi connectivity index (χ1n) is 9.03. The number of hydrogen-bond donors (Lipinski definition) is 2. The molecule has 0 saturated carbocycles. The maximum Gasteiger partial charge on any atom is 0.170 e. The van der Waals surface area contributed by atoms with Gasteiger partial charge in [0.15, 0.2) is 5.11 Å². The number of aromatic nitrogens is 1. The Morgan fingerprint density at radius 1 is 1.25 bits per heavy atom. The fraction of sp³-hybridized carbons (Fsp3) is 0.238. The number of aryl methyl sites for hydroxylation is 1. The zero-order chi connectivity index (χ0) is 19.7. The van der Waals surface area contributed by atoms with E-state index in [2.05, 4.69) is 10.3 Å². The highest BCUT2D eigenvalue weighted by Crippen LogP contribution is 2.40. The van der Waals surface area contributed by atoms with Crippen LogP contribution in [0.5, 0.6) is 0 Å². The third-order valence-corrected chi connectivity index (χ3v) is 5.51. The average Bonchev–Trinajstić information content (AvgIpc) is 3.30. The van der Waals surface area contributed by atoms with Gasteiger partial charge in [-0.05, 0) is 61.1 Å². The van der Waals surface area contributed by atoms with Crippen LogP contribution in [0, 0.1) is 6.92 Å². The summed E-state index contributed by atoms with van der Waals surface area (Å²) < 4.78 is 6.26. The third kappa shape index (κ3) is 3.51. The molecule has 3 aromatic rings. The minimum absolute atomic E-state index is 0.00573. The molecule has 0 spiro atoms. The predicted molar refractivity (Wildman–Crippen MR) is 113 cm³/mol. The smallest absolute Gasteiger partial charge is 0.170 e. The molecule has 1 aliphatic rings. The average molecular weight is 414 g/mol. The number of furan rings is 1. The van der Waals surface area contributed by atoms with Gasteiger partial charge in [0, 0.05) is 23.3 Å². The number of β-amino-alcohol motifs (C(OH)–C–C–N with tert-alkyl or cyclic N) is 1. The van der Waals surface area contributed by atoms with Gasteiger partial charge < -0.3 is 19.7 Å². The Morgan fingerprint density at radius 3 is 2.86 bits per heavy atom. The number of halogens is 1. The van der Waals surface area contributed by atoms with E-state index in [0.717, 1.165) is 28.3 Å². The lowest BCUT2D eigenvalue weighted by Gasteiger charge is -2.25. The van der Waals surface area contributed by atoms with E-state index in [1.54, 1.807) is 6.20 Å². The second-order valence-corrected chi connectivity index (χ2v) is 7.53. The Kier molecular flexibility index (Phi) is 5.35. The van der Waals surface area contributed by atoms with Gasteiger partial charge in [-0.25, -0.2) is 0 Å². The highest BCUT2D eigenvalue weighted by atomic mass is 35.5. The monoisotopic (exact) mass is 413 g/mol. The molecular formula is C21H20ClN3O2S. The Balaban J connectivity index is 1.75. The normalized spacial score (nSPS) is 19.1. The van der Waals surface area contributed by atoms with E-state index in [4.69, 9.17) is 28.2 Å². The van der Waals surface area contributed by atoms with Crippen LogP contribution < -0.4 is 5.32 Å². The Hall–Kier alpha value is -2.41. The number of nitrogens with one attached hydrogen (secondary N) is 1. The largest absolute Gasteiger partial charge is 0.459 e. The van der Waals surface area contributed by atoms with Gasteiger partial charge in [-0.15, -0.1) is 0 Å². The molecule has 0 amide bonds. The Bertz CT molecular complexity index is 992. The first kappa shape index (κ1) is 18.9. The zero-order valence-corrected chi connectivity index (χ0v) is 16.9. The summed E-state index contributed by atoms with van der Waals surface area (Å²) in [4.78, 5) is 6.43. The number of aliphatic hydroxyl groups excluding tert-OH is 1. The first-order valence-corrected chi connectivity index (χ1v) is 9.82. The number of nitrogens with zero attached hydrogens (tertiary/aromatic N) is 2. The van der Waals surface area contributed by atoms with Gasteiger partial charge in [0.25, 0.3) is 0 Å². The van der Waals surface area contributed by atoms with Gasteiger partial charge in [-0.2, -0.15) is 0 Å². The molecule has 1 saturated heterocycles. The van der Waals surface area contributed by atoms with Crippen molar-refractivity contribution < 1.29 is 9.52 Å². The summed E-state index contributed by atoms with van der Waals surface area (Å²) in [5.74, 6) is 1.50. The van der Waals surface area contributed by atoms with Crippen molar-refractivity contribution in [1.82, 2.24) is 15.2 Å². The minimum Gasteiger partial charge on any atom is -0.459 e. The highest BCUT2D eigenvalue weighted by molar-refractivity contribution is 7.80. The Morgan fingerprint density at radius 2 is 2.11 bits per heavy atom. The molecular weight excluding hydrogens is 394 g/mol. The van der Waals surface area contributed by atoms with Gasteiger partial charge in [0.1, 0.15) is 17.6 Å². The van der Waals surface area contributed by atoms with Crippen LogP contribution in [0.3, 0.4) is 0 Å². The molecule has 2 atom stereocenters. The van der Waals surface area contributed by atoms with Crippen molar-refractivity contribution in [3.05, 3.63) is 76.8 Å². The summed E-state index contributed by atoms with van der Waals surface area (Å²) in [7, 11) is 0. The molecule has 28 heavy (non-hydrogen) atoms. The van der Waals surface area contributed by atoms with Gasteiger partial charge in [0.05, 0.1) is 18.3 Å². The number of pyridine rings is 1. The summed E-state index contributed by atoms with van der Waals surface area (Å²) in [5.41, 5.74) is 2.90. The highest BCUT2D eigenvalue weighted by Gasteiger charge is 2.41. The number of hydrogen-bond acceptors (Lipinski definition) is 4. The van der Waals surface area contributed by atoms with E-state index < -0.39 is 0 Å². The van der Waals surface area contributed by atoms with E-state index in [1.807, 2.05) is 60.4 Å². The molecule has 0 bridgehead atoms. The molecule has 3 heterocycles. The van der Waals surface area contributed by atoms with Gasteiger partial charge >= 0.3 is 0 Å². The molecule has 2 unspecified atom stereocenters. The van der Waals surface area contributed by atoms with Gasteiger partial charge in [-0.3, -0.25) is 4.98 Å². The van der Waals surface area contributed by atoms with E-state index in [0.29, 0.717) is 16.7 Å². The summed E-state index contributed by atoms with van der Waals surface area (Å²) in [5, 5.41) is 14.1. The van der Waals surface area contributed by atoms with Crippen molar-refractivity contribution in [3.8, 4) is 11.3 Å². The molecule has 1 aromatic carbocycles. The maximum atomic E-state index is 9.53. The van der Waals surface area contributed by atoms with Crippen molar-refractivity contribution in [2.24, 2.45) is 0 Å². The number of benzene rings is 1. The second-order valence-electron chi connectivity index (χ2n) is 6.70. The molecule has 0 radical (unpaired) electrons. The van der Waals surface area contributed by atoms with E-state index in [9.17, 15) is 5.11 Å². The first-order chi connectivity index (χ1) is 13.6. The molecule has 1 aliphatic heterocycles. The van der Waals surface area contributed by atoms with E-state index in [-0.39, 0.29) is 18.7 Å². The lowest BCUT2D eigenvalue weighted by molar-refractivity contribution is 0.209. The van der Waals surface area contributed by atoms with Gasteiger partial charge in [0.2, 0.25) is 0 Å². The van der Waals surface area contributed by atoms with E-state index in [1.165, 1.54) is 0 Å². The fourth-order valence-electron chi connectivity index (χ4n) is 3.58. The lowest BCUT2D eigenvalue weighted by Crippen LogP contribution is -2.32. The predicted octanol–water partition coefficient (Wildman–Crippen LogP) is 4.27. The molecule has 5 nitrogen and oxygen atoms in total. The summed E-state index contributed by atoms with van der Waals surface area (Å²) in [6, 6.07) is 15.1. The second kappa shape index (κ2) is 7.91. The summed E-state index contributed by atoms with van der Waals surface area (Å²) >= 11 is 11.7. The molecule has 4 rings (SSSR count). The molecule has 0 aliphatic carbocycles. The standard InChI is InChI=1S/C21H20ClN3O2S/c1-13-5-6-14(22)12-15(13)17-7-8-18(27-17)20-19(16-4-2-3-9-23-16)24-21(28)25(20)10-11-26/h2-9,12,19-20,26H,10-11H2,1H3,(H,24,28). The number of aliphatic hydroxyl groups is 1. The third-order valence-electron chi connectivity index (χ3n) is 4.92. The summed E-state index contributed by atoms with van der Waals surface area (Å²) in [6.07, 6.45) is 1.76. The van der Waals surface area contributed by atoms with Crippen LogP contribution in [0.25, 0.3) is 11.3 Å². The van der Waals surface area contributed by atoms with Crippen molar-refractivity contribution in [2.45, 2.75) is 19.0 Å². The number of thiocarbonyl (C=S) groups is 1. The fourth-order valence-corrected chi connectivity index (χ4v) is 4.08. The van der Waals surface area contributed by atoms with Crippen molar-refractivity contribution in [3.63, 3.8) is 0 Å². The molecule has 2 aromatic heterocycles. The van der Waals surface area contributed by atoms with Crippen molar-refractivity contribution in [1.29, 1.82) is 0 Å². The molecule has 2 N–H and O–H groups in total. The number of rotatable bonds is 5. The van der Waals surface area contributed by atoms with Gasteiger partial charge in [-0.1, -0.05) is 23.7 Å². The van der Waals surface area contributed by atoms with Crippen LogP contribution in [0.4, 0.5) is 0 Å². The molecule has 7 heteroatoms. The van der Waals surface area contributed by atoms with Crippen molar-refractivity contribution in [2.75, 3.05) is 13.2 Å². The lowest BCUT2D eigenvalue weighted by atomic mass is 10.0. The molecule has 144 valence electrons. The maximum absolute atomic E-state index is 9.53.